The van der Waals surface area contributed by atoms with Crippen molar-refractivity contribution in [2.24, 2.45) is 0 Å². The minimum absolute atomic E-state index is 0.0168. The van der Waals surface area contributed by atoms with E-state index < -0.39 is 0 Å². The highest BCUT2D eigenvalue weighted by atomic mass is 16.3. The van der Waals surface area contributed by atoms with Crippen molar-refractivity contribution in [3.8, 4) is 11.5 Å². The van der Waals surface area contributed by atoms with Crippen LogP contribution in [0.2, 0.25) is 0 Å². The molecule has 0 fully saturated rings. The molecule has 0 spiro atoms. The van der Waals surface area contributed by atoms with E-state index in [9.17, 15) is 15.0 Å². The lowest BCUT2D eigenvalue weighted by atomic mass is 10.0. The standard InChI is InChI=1S/C17H17NO3/c19-14-8-3-9-15(20)16(14)17(21)18-10-4-7-12-5-1-2-6-13(12)11-18/h1-3,5-6,8-9,19-20H,4,7,10-11H2. The van der Waals surface area contributed by atoms with Gasteiger partial charge in [0.2, 0.25) is 0 Å². The van der Waals surface area contributed by atoms with Gasteiger partial charge >= 0.3 is 0 Å². The van der Waals surface area contributed by atoms with Gasteiger partial charge in [0.1, 0.15) is 17.1 Å². The Morgan fingerprint density at radius 2 is 1.62 bits per heavy atom. The van der Waals surface area contributed by atoms with Crippen LogP contribution in [0.4, 0.5) is 0 Å². The van der Waals surface area contributed by atoms with Crippen LogP contribution in [0, 0.1) is 0 Å². The zero-order valence-corrected chi connectivity index (χ0v) is 11.6. The van der Waals surface area contributed by atoms with E-state index in [0.717, 1.165) is 18.4 Å². The monoisotopic (exact) mass is 283 g/mol. The molecule has 0 aliphatic carbocycles. The van der Waals surface area contributed by atoms with Crippen LogP contribution >= 0.6 is 0 Å². The smallest absolute Gasteiger partial charge is 0.261 e. The number of rotatable bonds is 1. The first kappa shape index (κ1) is 13.5. The normalized spacial score (nSPS) is 14.4. The van der Waals surface area contributed by atoms with Gasteiger partial charge in [-0.3, -0.25) is 4.79 Å². The Kier molecular flexibility index (Phi) is 3.52. The average molecular weight is 283 g/mol. The van der Waals surface area contributed by atoms with Crippen LogP contribution in [0.1, 0.15) is 27.9 Å². The number of carbonyl (C=O) groups excluding carboxylic acids is 1. The number of hydrogen-bond donors (Lipinski definition) is 2. The molecule has 4 nitrogen and oxygen atoms in total. The predicted molar refractivity (Wildman–Crippen MR) is 79.3 cm³/mol. The zero-order chi connectivity index (χ0) is 14.8. The van der Waals surface area contributed by atoms with Crippen molar-refractivity contribution in [2.75, 3.05) is 6.54 Å². The number of carbonyl (C=O) groups is 1. The van der Waals surface area contributed by atoms with Crippen molar-refractivity contribution in [1.29, 1.82) is 0 Å². The number of fused-ring (bicyclic) bond motifs is 1. The summed E-state index contributed by atoms with van der Waals surface area (Å²) in [5.74, 6) is -0.697. The van der Waals surface area contributed by atoms with Gasteiger partial charge in [0, 0.05) is 13.1 Å². The fourth-order valence-corrected chi connectivity index (χ4v) is 2.78. The van der Waals surface area contributed by atoms with E-state index in [1.807, 2.05) is 18.2 Å². The van der Waals surface area contributed by atoms with Gasteiger partial charge in [-0.05, 0) is 36.1 Å². The summed E-state index contributed by atoms with van der Waals surface area (Å²) in [5, 5.41) is 19.7. The second kappa shape index (κ2) is 5.48. The molecule has 108 valence electrons. The zero-order valence-electron chi connectivity index (χ0n) is 11.6. The summed E-state index contributed by atoms with van der Waals surface area (Å²) in [4.78, 5) is 14.3. The number of aromatic hydroxyl groups is 2. The molecule has 0 radical (unpaired) electrons. The van der Waals surface area contributed by atoms with Crippen LogP contribution in [0.3, 0.4) is 0 Å². The maximum Gasteiger partial charge on any atom is 0.261 e. The lowest BCUT2D eigenvalue weighted by Gasteiger charge is -2.22. The third-order valence-electron chi connectivity index (χ3n) is 3.88. The molecular weight excluding hydrogens is 266 g/mol. The van der Waals surface area contributed by atoms with Crippen LogP contribution in [0.25, 0.3) is 0 Å². The van der Waals surface area contributed by atoms with E-state index in [-0.39, 0.29) is 23.0 Å². The number of benzene rings is 2. The topological polar surface area (TPSA) is 60.8 Å². The number of aryl methyl sites for hydroxylation is 1. The van der Waals surface area contributed by atoms with Crippen LogP contribution in [0.5, 0.6) is 11.5 Å². The highest BCUT2D eigenvalue weighted by Crippen LogP contribution is 2.29. The molecule has 0 saturated carbocycles. The van der Waals surface area contributed by atoms with Crippen LogP contribution in [-0.4, -0.2) is 27.6 Å². The Bertz CT molecular complexity index is 661. The van der Waals surface area contributed by atoms with Crippen molar-refractivity contribution >= 4 is 5.91 Å². The van der Waals surface area contributed by atoms with E-state index in [1.54, 1.807) is 4.90 Å². The van der Waals surface area contributed by atoms with Crippen molar-refractivity contribution in [3.63, 3.8) is 0 Å². The SMILES string of the molecule is O=C(c1c(O)cccc1O)N1CCCc2ccccc2C1. The minimum Gasteiger partial charge on any atom is -0.507 e. The number of phenolic OH excluding ortho intramolecular Hbond substituents is 2. The Labute approximate surface area is 123 Å². The highest BCUT2D eigenvalue weighted by molar-refractivity contribution is 5.99. The summed E-state index contributed by atoms with van der Waals surface area (Å²) < 4.78 is 0. The maximum atomic E-state index is 12.6. The molecule has 2 aromatic rings. The number of nitrogens with zero attached hydrogens (tertiary/aromatic N) is 1. The number of hydrogen-bond acceptors (Lipinski definition) is 3. The van der Waals surface area contributed by atoms with E-state index in [4.69, 9.17) is 0 Å². The second-order valence-corrected chi connectivity index (χ2v) is 5.27. The Morgan fingerprint density at radius 3 is 2.33 bits per heavy atom. The van der Waals surface area contributed by atoms with E-state index >= 15 is 0 Å². The lowest BCUT2D eigenvalue weighted by molar-refractivity contribution is 0.0739. The average Bonchev–Trinajstić information content (AvgIpc) is 2.69. The van der Waals surface area contributed by atoms with Gasteiger partial charge in [-0.15, -0.1) is 0 Å². The summed E-state index contributed by atoms with van der Waals surface area (Å²) in [6, 6.07) is 12.4. The van der Waals surface area contributed by atoms with E-state index in [2.05, 4.69) is 6.07 Å². The van der Waals surface area contributed by atoms with E-state index in [1.165, 1.54) is 23.8 Å². The van der Waals surface area contributed by atoms with Crippen LogP contribution in [-0.2, 0) is 13.0 Å². The van der Waals surface area contributed by atoms with Gasteiger partial charge in [-0.1, -0.05) is 30.3 Å². The highest BCUT2D eigenvalue weighted by Gasteiger charge is 2.24. The second-order valence-electron chi connectivity index (χ2n) is 5.27. The molecule has 0 unspecified atom stereocenters. The molecule has 1 amide bonds. The molecule has 0 aromatic heterocycles. The third kappa shape index (κ3) is 2.57. The molecule has 2 N–H and O–H groups in total. The van der Waals surface area contributed by atoms with Crippen LogP contribution in [0.15, 0.2) is 42.5 Å². The summed E-state index contributed by atoms with van der Waals surface area (Å²) in [5.41, 5.74) is 2.37. The first-order valence-electron chi connectivity index (χ1n) is 7.04. The molecule has 0 bridgehead atoms. The summed E-state index contributed by atoms with van der Waals surface area (Å²) in [7, 11) is 0. The molecule has 1 heterocycles. The Hall–Kier alpha value is -2.49. The summed E-state index contributed by atoms with van der Waals surface area (Å²) in [6.07, 6.45) is 1.81. The number of phenols is 2. The minimum atomic E-state index is -0.331. The molecule has 1 aliphatic heterocycles. The number of amides is 1. The van der Waals surface area contributed by atoms with Crippen molar-refractivity contribution < 1.29 is 15.0 Å². The first-order valence-corrected chi connectivity index (χ1v) is 7.04. The van der Waals surface area contributed by atoms with Crippen molar-refractivity contribution in [2.45, 2.75) is 19.4 Å². The molecule has 0 atom stereocenters. The molecule has 21 heavy (non-hydrogen) atoms. The molecule has 0 saturated heterocycles. The van der Waals surface area contributed by atoms with Gasteiger partial charge in [0.15, 0.2) is 0 Å². The fraction of sp³-hybridized carbons (Fsp3) is 0.235. The largest absolute Gasteiger partial charge is 0.507 e. The summed E-state index contributed by atoms with van der Waals surface area (Å²) in [6.45, 7) is 1.12. The Balaban J connectivity index is 1.92. The van der Waals surface area contributed by atoms with Gasteiger partial charge in [0.05, 0.1) is 0 Å². The lowest BCUT2D eigenvalue weighted by Crippen LogP contribution is -2.30. The summed E-state index contributed by atoms with van der Waals surface area (Å²) >= 11 is 0. The van der Waals surface area contributed by atoms with Gasteiger partial charge in [-0.2, -0.15) is 0 Å². The van der Waals surface area contributed by atoms with Gasteiger partial charge in [-0.25, -0.2) is 0 Å². The third-order valence-corrected chi connectivity index (χ3v) is 3.88. The van der Waals surface area contributed by atoms with Crippen molar-refractivity contribution in [3.05, 3.63) is 59.2 Å². The van der Waals surface area contributed by atoms with Crippen LogP contribution < -0.4 is 0 Å². The predicted octanol–water partition coefficient (Wildman–Crippen LogP) is 2.69. The molecule has 3 rings (SSSR count). The molecular formula is C17H17NO3. The van der Waals surface area contributed by atoms with Gasteiger partial charge < -0.3 is 15.1 Å². The fourth-order valence-electron chi connectivity index (χ4n) is 2.78. The molecule has 4 heteroatoms. The molecule has 2 aromatic carbocycles. The molecule has 1 aliphatic rings. The Morgan fingerprint density at radius 1 is 0.952 bits per heavy atom. The van der Waals surface area contributed by atoms with E-state index in [0.29, 0.717) is 13.1 Å². The maximum absolute atomic E-state index is 12.6. The first-order chi connectivity index (χ1) is 10.2. The van der Waals surface area contributed by atoms with Crippen molar-refractivity contribution in [1.82, 2.24) is 4.90 Å². The quantitative estimate of drug-likeness (QED) is 0.846. The van der Waals surface area contributed by atoms with Gasteiger partial charge in [0.25, 0.3) is 5.91 Å².